The molecule has 20 aromatic rings. The molecule has 9 nitrogen and oxygen atoms in total. The average molecular weight is 1330 g/mol. The van der Waals surface area contributed by atoms with Gasteiger partial charge in [0, 0.05) is 67.6 Å². The number of pyridine rings is 9. The molecule has 20 rings (SSSR count). The minimum atomic E-state index is 0.883. The van der Waals surface area contributed by atoms with Gasteiger partial charge in [-0.25, -0.2) is 29.9 Å². The number of fused-ring (bicyclic) bond motifs is 8. The highest BCUT2D eigenvalue weighted by Gasteiger charge is 2.13. The maximum atomic E-state index is 5.00. The van der Waals surface area contributed by atoms with Crippen molar-refractivity contribution in [1.29, 1.82) is 0 Å². The summed E-state index contributed by atoms with van der Waals surface area (Å²) in [5, 5.41) is 11.6. The molecule has 11 aromatic carbocycles. The van der Waals surface area contributed by atoms with Crippen molar-refractivity contribution in [2.75, 3.05) is 0 Å². The Morgan fingerprint density at radius 1 is 0.144 bits per heavy atom. The first-order valence-electron chi connectivity index (χ1n) is 34.7. The SMILES string of the molecule is c1ccc(-c2ccc3cc(-c4ccc5nc(-c6ccc7ccccc7c6)ccc5c4)ccc3n2)nc1.c1ccc(-c2ccc3cc(-c4ccc5nc(-c6cccc7ccccc67)ccc5c4)ccc3n2)nc1.c1ccc(-c2ccc3cc(-c4ccc5nc(-c6ccccn6)ccc5c4)ccc3n2)cc1. The Morgan fingerprint density at radius 3 is 0.856 bits per heavy atom. The molecule has 0 saturated carbocycles. The number of rotatable bonds is 9. The van der Waals surface area contributed by atoms with E-state index in [1.165, 1.54) is 38.2 Å². The van der Waals surface area contributed by atoms with Crippen molar-refractivity contribution in [3.05, 3.63) is 370 Å². The van der Waals surface area contributed by atoms with Crippen molar-refractivity contribution in [2.24, 2.45) is 0 Å². The second kappa shape index (κ2) is 27.5. The fourth-order valence-corrected chi connectivity index (χ4v) is 13.7. The Bertz CT molecular complexity index is 6480. The third-order valence-corrected chi connectivity index (χ3v) is 19.1. The molecule has 0 radical (unpaired) electrons. The van der Waals surface area contributed by atoms with Gasteiger partial charge in [-0.05, 0) is 207 Å². The van der Waals surface area contributed by atoms with E-state index in [9.17, 15) is 0 Å². The predicted molar refractivity (Wildman–Crippen MR) is 428 cm³/mol. The second-order valence-corrected chi connectivity index (χ2v) is 25.7. The molecule has 9 heteroatoms. The van der Waals surface area contributed by atoms with Gasteiger partial charge >= 0.3 is 0 Å². The fraction of sp³-hybridized carbons (Fsp3) is 0. The zero-order valence-electron chi connectivity index (χ0n) is 56.2. The third-order valence-electron chi connectivity index (χ3n) is 19.1. The van der Waals surface area contributed by atoms with Crippen LogP contribution in [0.5, 0.6) is 0 Å². The first-order chi connectivity index (χ1) is 51.4. The quantitative estimate of drug-likeness (QED) is 0.139. The molecule has 0 saturated heterocycles. The summed E-state index contributed by atoms with van der Waals surface area (Å²) in [6.07, 6.45) is 5.38. The van der Waals surface area contributed by atoms with Gasteiger partial charge < -0.3 is 0 Å². The van der Waals surface area contributed by atoms with E-state index in [-0.39, 0.29) is 0 Å². The van der Waals surface area contributed by atoms with E-state index in [1.54, 1.807) is 18.6 Å². The van der Waals surface area contributed by atoms with Crippen LogP contribution < -0.4 is 0 Å². The van der Waals surface area contributed by atoms with Crippen LogP contribution in [0.2, 0.25) is 0 Å². The summed E-state index contributed by atoms with van der Waals surface area (Å²) in [4.78, 5) is 42.5. The van der Waals surface area contributed by atoms with Crippen molar-refractivity contribution < 1.29 is 0 Å². The van der Waals surface area contributed by atoms with Gasteiger partial charge in [-0.3, -0.25) is 15.0 Å². The van der Waals surface area contributed by atoms with Crippen LogP contribution in [0.25, 0.3) is 188 Å². The number of aromatic nitrogens is 9. The predicted octanol–water partition coefficient (Wildman–Crippen LogP) is 23.8. The summed E-state index contributed by atoms with van der Waals surface area (Å²) < 4.78 is 0. The highest BCUT2D eigenvalue weighted by molar-refractivity contribution is 5.99. The van der Waals surface area contributed by atoms with Gasteiger partial charge in [0.1, 0.15) is 0 Å². The normalized spacial score (nSPS) is 11.3. The Labute approximate surface area is 600 Å². The number of benzene rings is 11. The molecule has 9 heterocycles. The van der Waals surface area contributed by atoms with E-state index in [2.05, 4.69) is 276 Å². The lowest BCUT2D eigenvalue weighted by molar-refractivity contribution is 1.28. The summed E-state index contributed by atoms with van der Waals surface area (Å²) in [5.41, 5.74) is 24.6. The molecule has 0 atom stereocenters. The van der Waals surface area contributed by atoms with Crippen LogP contribution in [0, 0.1) is 0 Å². The molecule has 0 spiro atoms. The van der Waals surface area contributed by atoms with Gasteiger partial charge in [-0.2, -0.15) is 0 Å². The molecular weight excluding hydrogens is 1270 g/mol. The minimum Gasteiger partial charge on any atom is -0.255 e. The van der Waals surface area contributed by atoms with Crippen molar-refractivity contribution in [2.45, 2.75) is 0 Å². The lowest BCUT2D eigenvalue weighted by Gasteiger charge is -2.09. The van der Waals surface area contributed by atoms with Crippen LogP contribution in [0.3, 0.4) is 0 Å². The Balaban J connectivity index is 0.000000111. The number of hydrogen-bond donors (Lipinski definition) is 0. The van der Waals surface area contributed by atoms with Crippen molar-refractivity contribution in [3.63, 3.8) is 0 Å². The van der Waals surface area contributed by atoms with E-state index in [0.717, 1.165) is 150 Å². The van der Waals surface area contributed by atoms with Crippen LogP contribution in [0.15, 0.2) is 370 Å². The zero-order valence-corrected chi connectivity index (χ0v) is 56.2. The van der Waals surface area contributed by atoms with Crippen molar-refractivity contribution in [3.8, 4) is 101 Å². The van der Waals surface area contributed by atoms with E-state index >= 15 is 0 Å². The van der Waals surface area contributed by atoms with Crippen LogP contribution >= 0.6 is 0 Å². The Morgan fingerprint density at radius 2 is 0.442 bits per heavy atom. The summed E-state index contributed by atoms with van der Waals surface area (Å²) >= 11 is 0. The van der Waals surface area contributed by atoms with Crippen LogP contribution in [0.1, 0.15) is 0 Å². The summed E-state index contributed by atoms with van der Waals surface area (Å²) in [5.74, 6) is 0. The smallest absolute Gasteiger partial charge is 0.0893 e. The van der Waals surface area contributed by atoms with E-state index in [4.69, 9.17) is 29.9 Å². The summed E-state index contributed by atoms with van der Waals surface area (Å²) in [7, 11) is 0. The van der Waals surface area contributed by atoms with Gasteiger partial charge in [0.15, 0.2) is 0 Å². The average Bonchev–Trinajstić information content (AvgIpc) is 1.13. The van der Waals surface area contributed by atoms with E-state index in [0.29, 0.717) is 0 Å². The molecule has 0 aliphatic carbocycles. The lowest BCUT2D eigenvalue weighted by Crippen LogP contribution is -1.89. The van der Waals surface area contributed by atoms with Gasteiger partial charge in [0.25, 0.3) is 0 Å². The lowest BCUT2D eigenvalue weighted by atomic mass is 9.99. The van der Waals surface area contributed by atoms with Crippen molar-refractivity contribution >= 4 is 87.0 Å². The Kier molecular flexibility index (Phi) is 16.4. The number of nitrogens with zero attached hydrogens (tertiary/aromatic N) is 9. The summed E-state index contributed by atoms with van der Waals surface area (Å²) in [6, 6.07) is 122. The third kappa shape index (κ3) is 12.9. The largest absolute Gasteiger partial charge is 0.255 e. The zero-order chi connectivity index (χ0) is 69.1. The molecule has 0 aliphatic heterocycles. The van der Waals surface area contributed by atoms with Gasteiger partial charge in [-0.1, -0.05) is 200 Å². The van der Waals surface area contributed by atoms with Gasteiger partial charge in [0.2, 0.25) is 0 Å². The maximum absolute atomic E-state index is 5.00. The first-order valence-corrected chi connectivity index (χ1v) is 34.7. The molecule has 0 fully saturated rings. The standard InChI is InChI=1S/2C33H21N3.C29H19N3/c1-2-8-27-22(6-1)7-5-9-28(27)31-17-13-25-20-23(11-15-29(25)35-31)24-12-16-30-26(21-24)14-18-33(36-30)32-10-3-4-19-34-32;1-2-6-23-19-26(9-8-22(23)5-1)30-16-12-27-20-24(10-14-29(27)35-30)25-11-15-31-28(21-25)13-17-33(36-31)32-7-3-4-18-34-32;1-2-6-20(7-3-1)25-15-11-23-18-21(9-13-26(23)31-25)22-10-14-27-24(19-22)12-16-29(32-27)28-8-4-5-17-30-28/h2*1-21H;1-19H. The van der Waals surface area contributed by atoms with Crippen LogP contribution in [-0.4, -0.2) is 44.9 Å². The summed E-state index contributed by atoms with van der Waals surface area (Å²) in [6.45, 7) is 0. The highest BCUT2D eigenvalue weighted by Crippen LogP contribution is 2.36. The molecule has 9 aromatic heterocycles. The number of hydrogen-bond acceptors (Lipinski definition) is 9. The van der Waals surface area contributed by atoms with E-state index in [1.807, 2.05) is 91.0 Å². The fourth-order valence-electron chi connectivity index (χ4n) is 13.7. The minimum absolute atomic E-state index is 0.883. The monoisotopic (exact) mass is 1330 g/mol. The van der Waals surface area contributed by atoms with E-state index < -0.39 is 0 Å². The highest BCUT2D eigenvalue weighted by atomic mass is 14.8. The van der Waals surface area contributed by atoms with Gasteiger partial charge in [-0.15, -0.1) is 0 Å². The second-order valence-electron chi connectivity index (χ2n) is 25.7. The molecule has 0 aliphatic rings. The molecule has 0 N–H and O–H groups in total. The molecule has 104 heavy (non-hydrogen) atoms. The van der Waals surface area contributed by atoms with Crippen LogP contribution in [0.4, 0.5) is 0 Å². The molecule has 0 unspecified atom stereocenters. The molecule has 0 amide bonds. The van der Waals surface area contributed by atoms with Crippen molar-refractivity contribution in [1.82, 2.24) is 44.9 Å². The van der Waals surface area contributed by atoms with Gasteiger partial charge in [0.05, 0.1) is 84.3 Å². The Hall–Kier alpha value is -14.2. The molecule has 0 bridgehead atoms. The topological polar surface area (TPSA) is 116 Å². The molecular formula is C95H61N9. The molecule has 486 valence electrons. The first kappa shape index (κ1) is 62.1. The maximum Gasteiger partial charge on any atom is 0.0893 e. The van der Waals surface area contributed by atoms with Crippen LogP contribution in [-0.2, 0) is 0 Å².